The van der Waals surface area contributed by atoms with Crippen molar-refractivity contribution in [3.05, 3.63) is 48.0 Å². The summed E-state index contributed by atoms with van der Waals surface area (Å²) in [6.45, 7) is 0. The van der Waals surface area contributed by atoms with Crippen LogP contribution in [0.3, 0.4) is 0 Å². The number of benzene rings is 2. The molecule has 21 heavy (non-hydrogen) atoms. The third-order valence-electron chi connectivity index (χ3n) is 3.71. The second-order valence-electron chi connectivity index (χ2n) is 5.03. The van der Waals surface area contributed by atoms with Gasteiger partial charge in [-0.3, -0.25) is 4.79 Å². The number of hydrogen-bond acceptors (Lipinski definition) is 3. The van der Waals surface area contributed by atoms with E-state index in [1.807, 2.05) is 42.5 Å². The zero-order valence-corrected chi connectivity index (χ0v) is 12.2. The number of aliphatic carboxylic acids is 1. The van der Waals surface area contributed by atoms with Gasteiger partial charge in [0.2, 0.25) is 5.91 Å². The zero-order chi connectivity index (χ0) is 14.8. The van der Waals surface area contributed by atoms with E-state index in [-0.39, 0.29) is 12.3 Å². The minimum absolute atomic E-state index is 0.122. The standard InChI is InChI=1S/C16H15NO3S/c18-15(17-10-21-9-14(17)16(19)20)8-12-6-3-5-11-4-1-2-7-13(11)12/h1-7,14H,8-10H2,(H,19,20). The SMILES string of the molecule is O=C(O)C1CSCN1C(=O)Cc1cccc2ccccc12. The normalized spacial score (nSPS) is 18.1. The summed E-state index contributed by atoms with van der Waals surface area (Å²) in [7, 11) is 0. The first-order valence-corrected chi connectivity index (χ1v) is 7.89. The molecule has 0 saturated carbocycles. The van der Waals surface area contributed by atoms with Crippen molar-refractivity contribution >= 4 is 34.4 Å². The highest BCUT2D eigenvalue weighted by molar-refractivity contribution is 7.99. The van der Waals surface area contributed by atoms with Crippen LogP contribution < -0.4 is 0 Å². The van der Waals surface area contributed by atoms with Crippen molar-refractivity contribution in [3.63, 3.8) is 0 Å². The van der Waals surface area contributed by atoms with Gasteiger partial charge in [0.05, 0.1) is 12.3 Å². The third-order valence-corrected chi connectivity index (χ3v) is 4.72. The predicted molar refractivity (Wildman–Crippen MR) is 83.2 cm³/mol. The Morgan fingerprint density at radius 2 is 1.95 bits per heavy atom. The number of amides is 1. The lowest BCUT2D eigenvalue weighted by Gasteiger charge is -2.20. The lowest BCUT2D eigenvalue weighted by atomic mass is 10.0. The van der Waals surface area contributed by atoms with Gasteiger partial charge in [-0.2, -0.15) is 0 Å². The molecule has 0 spiro atoms. The molecular formula is C16H15NO3S. The number of rotatable bonds is 3. The molecule has 1 fully saturated rings. The highest BCUT2D eigenvalue weighted by Gasteiger charge is 2.34. The second kappa shape index (κ2) is 5.77. The number of carbonyl (C=O) groups is 2. The minimum atomic E-state index is -0.925. The fourth-order valence-corrected chi connectivity index (χ4v) is 3.78. The van der Waals surface area contributed by atoms with Gasteiger partial charge in [-0.15, -0.1) is 11.8 Å². The van der Waals surface area contributed by atoms with Crippen LogP contribution in [0.15, 0.2) is 42.5 Å². The number of hydrogen-bond donors (Lipinski definition) is 1. The van der Waals surface area contributed by atoms with Crippen molar-refractivity contribution < 1.29 is 14.7 Å². The molecule has 5 heteroatoms. The molecule has 0 aromatic heterocycles. The van der Waals surface area contributed by atoms with E-state index in [2.05, 4.69) is 0 Å². The first-order valence-electron chi connectivity index (χ1n) is 6.73. The van der Waals surface area contributed by atoms with Crippen molar-refractivity contribution in [2.24, 2.45) is 0 Å². The zero-order valence-electron chi connectivity index (χ0n) is 11.4. The molecule has 1 saturated heterocycles. The number of thioether (sulfide) groups is 1. The van der Waals surface area contributed by atoms with E-state index in [1.54, 1.807) is 0 Å². The van der Waals surface area contributed by atoms with Gasteiger partial charge >= 0.3 is 5.97 Å². The fraction of sp³-hybridized carbons (Fsp3) is 0.250. The van der Waals surface area contributed by atoms with Gasteiger partial charge in [-0.1, -0.05) is 42.5 Å². The Hall–Kier alpha value is -2.01. The number of carbonyl (C=O) groups excluding carboxylic acids is 1. The maximum absolute atomic E-state index is 12.4. The lowest BCUT2D eigenvalue weighted by molar-refractivity contribution is -0.147. The molecule has 3 rings (SSSR count). The summed E-state index contributed by atoms with van der Waals surface area (Å²) in [5, 5.41) is 11.3. The molecule has 1 atom stereocenters. The van der Waals surface area contributed by atoms with Crippen LogP contribution in [0.2, 0.25) is 0 Å². The largest absolute Gasteiger partial charge is 0.480 e. The second-order valence-corrected chi connectivity index (χ2v) is 6.03. The number of carboxylic acids is 1. The molecule has 0 radical (unpaired) electrons. The average molecular weight is 301 g/mol. The highest BCUT2D eigenvalue weighted by Crippen LogP contribution is 2.24. The molecule has 108 valence electrons. The smallest absolute Gasteiger partial charge is 0.327 e. The monoisotopic (exact) mass is 301 g/mol. The number of nitrogens with zero attached hydrogens (tertiary/aromatic N) is 1. The lowest BCUT2D eigenvalue weighted by Crippen LogP contribution is -2.42. The molecule has 1 unspecified atom stereocenters. The summed E-state index contributed by atoms with van der Waals surface area (Å²) in [5.74, 6) is -0.119. The van der Waals surface area contributed by atoms with Crippen LogP contribution in [0.4, 0.5) is 0 Å². The van der Waals surface area contributed by atoms with Gasteiger partial charge in [-0.05, 0) is 16.3 Å². The molecule has 1 aliphatic rings. The molecule has 2 aromatic rings. The summed E-state index contributed by atoms with van der Waals surface area (Å²) >= 11 is 1.49. The van der Waals surface area contributed by atoms with E-state index in [9.17, 15) is 9.59 Å². The molecule has 1 amide bonds. The molecule has 1 heterocycles. The third kappa shape index (κ3) is 2.74. The molecular weight excluding hydrogens is 286 g/mol. The first-order chi connectivity index (χ1) is 10.2. The van der Waals surface area contributed by atoms with E-state index in [0.717, 1.165) is 16.3 Å². The molecule has 1 N–H and O–H groups in total. The van der Waals surface area contributed by atoms with Crippen molar-refractivity contribution in [2.45, 2.75) is 12.5 Å². The summed E-state index contributed by atoms with van der Waals surface area (Å²) in [5.41, 5.74) is 0.944. The molecule has 1 aliphatic heterocycles. The van der Waals surface area contributed by atoms with Gasteiger partial charge in [0, 0.05) is 5.75 Å². The molecule has 0 bridgehead atoms. The van der Waals surface area contributed by atoms with Gasteiger partial charge in [0.15, 0.2) is 0 Å². The quantitative estimate of drug-likeness (QED) is 0.945. The van der Waals surface area contributed by atoms with E-state index >= 15 is 0 Å². The Labute approximate surface area is 126 Å². The van der Waals surface area contributed by atoms with Crippen LogP contribution in [0.5, 0.6) is 0 Å². The van der Waals surface area contributed by atoms with E-state index in [1.165, 1.54) is 16.7 Å². The van der Waals surface area contributed by atoms with Crippen LogP contribution in [-0.2, 0) is 16.0 Å². The van der Waals surface area contributed by atoms with Gasteiger partial charge in [0.1, 0.15) is 6.04 Å². The topological polar surface area (TPSA) is 57.6 Å². The minimum Gasteiger partial charge on any atom is -0.480 e. The summed E-state index contributed by atoms with van der Waals surface area (Å²) in [6, 6.07) is 13.1. The molecule has 4 nitrogen and oxygen atoms in total. The van der Waals surface area contributed by atoms with Crippen molar-refractivity contribution in [1.82, 2.24) is 4.90 Å². The summed E-state index contributed by atoms with van der Waals surface area (Å²) in [4.78, 5) is 25.1. The van der Waals surface area contributed by atoms with Crippen molar-refractivity contribution in [2.75, 3.05) is 11.6 Å². The summed E-state index contributed by atoms with van der Waals surface area (Å²) in [6.07, 6.45) is 0.242. The Bertz CT molecular complexity index is 695. The summed E-state index contributed by atoms with van der Waals surface area (Å²) < 4.78 is 0. The van der Waals surface area contributed by atoms with Gasteiger partial charge < -0.3 is 10.0 Å². The van der Waals surface area contributed by atoms with Crippen LogP contribution >= 0.6 is 11.8 Å². The first kappa shape index (κ1) is 13.9. The molecule has 2 aromatic carbocycles. The Balaban J connectivity index is 1.85. The van der Waals surface area contributed by atoms with Crippen LogP contribution in [-0.4, -0.2) is 39.6 Å². The van der Waals surface area contributed by atoms with Crippen LogP contribution in [0.25, 0.3) is 10.8 Å². The fourth-order valence-electron chi connectivity index (χ4n) is 2.60. The van der Waals surface area contributed by atoms with Crippen LogP contribution in [0, 0.1) is 0 Å². The highest BCUT2D eigenvalue weighted by atomic mass is 32.2. The van der Waals surface area contributed by atoms with Gasteiger partial charge in [-0.25, -0.2) is 4.79 Å². The molecule has 0 aliphatic carbocycles. The van der Waals surface area contributed by atoms with Crippen molar-refractivity contribution in [1.29, 1.82) is 0 Å². The van der Waals surface area contributed by atoms with E-state index in [4.69, 9.17) is 5.11 Å². The van der Waals surface area contributed by atoms with E-state index in [0.29, 0.717) is 11.6 Å². The Morgan fingerprint density at radius 3 is 2.76 bits per heavy atom. The van der Waals surface area contributed by atoms with Crippen LogP contribution in [0.1, 0.15) is 5.56 Å². The van der Waals surface area contributed by atoms with Crippen molar-refractivity contribution in [3.8, 4) is 0 Å². The average Bonchev–Trinajstić information content (AvgIpc) is 2.97. The maximum Gasteiger partial charge on any atom is 0.327 e. The predicted octanol–water partition coefficient (Wildman–Crippen LogP) is 2.37. The van der Waals surface area contributed by atoms with Gasteiger partial charge in [0.25, 0.3) is 0 Å². The maximum atomic E-state index is 12.4. The number of carboxylic acid groups (broad SMARTS) is 1. The van der Waals surface area contributed by atoms with E-state index < -0.39 is 12.0 Å². The number of fused-ring (bicyclic) bond motifs is 1. The Morgan fingerprint density at radius 1 is 1.19 bits per heavy atom. The Kier molecular flexibility index (Phi) is 3.84.